The Bertz CT molecular complexity index is 621. The molecule has 0 aliphatic heterocycles. The van der Waals surface area contributed by atoms with E-state index >= 15 is 0 Å². The highest BCUT2D eigenvalue weighted by atomic mass is 15.1. The molecule has 3 heteroatoms. The molecule has 2 aromatic rings. The van der Waals surface area contributed by atoms with Crippen molar-refractivity contribution in [1.29, 1.82) is 0 Å². The maximum atomic E-state index is 4.77. The number of aryl methyl sites for hydroxylation is 2. The van der Waals surface area contributed by atoms with Crippen LogP contribution in [0.4, 0.5) is 0 Å². The monoisotopic (exact) mass is 244 g/mol. The SMILES string of the molecule is Cc1nc(-c2[nH]c(C)c(C)[n+]2C)c(C)c(C)c1C. The number of pyridine rings is 1. The van der Waals surface area contributed by atoms with E-state index in [1.807, 2.05) is 0 Å². The number of aromatic nitrogens is 3. The zero-order chi connectivity index (χ0) is 13.6. The van der Waals surface area contributed by atoms with Crippen LogP contribution in [0.2, 0.25) is 0 Å². The normalized spacial score (nSPS) is 11.1. The van der Waals surface area contributed by atoms with E-state index in [1.165, 1.54) is 28.1 Å². The van der Waals surface area contributed by atoms with Crippen LogP contribution in [-0.2, 0) is 7.05 Å². The molecule has 96 valence electrons. The number of imidazole rings is 1. The second kappa shape index (κ2) is 4.23. The van der Waals surface area contributed by atoms with Gasteiger partial charge in [0.1, 0.15) is 11.4 Å². The van der Waals surface area contributed by atoms with Crippen molar-refractivity contribution in [2.24, 2.45) is 7.05 Å². The summed E-state index contributed by atoms with van der Waals surface area (Å²) in [5.74, 6) is 1.09. The molecule has 2 heterocycles. The van der Waals surface area contributed by atoms with Crippen molar-refractivity contribution in [3.8, 4) is 11.5 Å². The molecule has 2 aromatic heterocycles. The predicted molar refractivity (Wildman–Crippen MR) is 73.6 cm³/mol. The van der Waals surface area contributed by atoms with Gasteiger partial charge in [0.05, 0.1) is 7.05 Å². The Morgan fingerprint density at radius 3 is 2.00 bits per heavy atom. The second-order valence-electron chi connectivity index (χ2n) is 5.16. The number of hydrogen-bond donors (Lipinski definition) is 1. The fourth-order valence-electron chi connectivity index (χ4n) is 2.29. The largest absolute Gasteiger partial charge is 0.306 e. The first-order valence-electron chi connectivity index (χ1n) is 6.34. The number of nitrogens with one attached hydrogen (secondary N) is 1. The summed E-state index contributed by atoms with van der Waals surface area (Å²) in [5.41, 5.74) is 8.51. The molecule has 0 saturated carbocycles. The molecule has 0 spiro atoms. The molecule has 0 bridgehead atoms. The standard InChI is InChI=1S/C15H21N3/c1-8-9(2)11(4)16-14(10(8)3)15-17-12(5)13(6)18(15)7/h1-7H3/p+1. The van der Waals surface area contributed by atoms with Gasteiger partial charge in [-0.15, -0.1) is 0 Å². The Balaban J connectivity index is 2.76. The molecule has 0 fully saturated rings. The zero-order valence-electron chi connectivity index (χ0n) is 12.4. The summed E-state index contributed by atoms with van der Waals surface area (Å²) in [6.45, 7) is 12.8. The lowest BCUT2D eigenvalue weighted by molar-refractivity contribution is -0.665. The number of nitrogens with zero attached hydrogens (tertiary/aromatic N) is 2. The van der Waals surface area contributed by atoms with Crippen molar-refractivity contribution in [2.45, 2.75) is 41.5 Å². The lowest BCUT2D eigenvalue weighted by Crippen LogP contribution is -2.32. The van der Waals surface area contributed by atoms with Gasteiger partial charge in [-0.05, 0) is 44.4 Å². The summed E-state index contributed by atoms with van der Waals surface area (Å²) in [7, 11) is 2.08. The number of rotatable bonds is 1. The van der Waals surface area contributed by atoms with E-state index in [4.69, 9.17) is 4.98 Å². The molecule has 2 rings (SSSR count). The molecule has 0 aliphatic rings. The third kappa shape index (κ3) is 1.74. The highest BCUT2D eigenvalue weighted by Crippen LogP contribution is 2.24. The summed E-state index contributed by atoms with van der Waals surface area (Å²) in [6.07, 6.45) is 0. The smallest absolute Gasteiger partial charge is 0.245 e. The van der Waals surface area contributed by atoms with Crippen molar-refractivity contribution in [3.05, 3.63) is 33.8 Å². The third-order valence-electron chi connectivity index (χ3n) is 4.21. The van der Waals surface area contributed by atoms with Crippen LogP contribution < -0.4 is 4.57 Å². The van der Waals surface area contributed by atoms with Crippen LogP contribution in [0.5, 0.6) is 0 Å². The summed E-state index contributed by atoms with van der Waals surface area (Å²) in [6, 6.07) is 0. The van der Waals surface area contributed by atoms with Crippen molar-refractivity contribution in [2.75, 3.05) is 0 Å². The second-order valence-corrected chi connectivity index (χ2v) is 5.16. The van der Waals surface area contributed by atoms with Crippen LogP contribution in [0, 0.1) is 41.5 Å². The average Bonchev–Trinajstić information content (AvgIpc) is 2.59. The first kappa shape index (κ1) is 12.8. The Morgan fingerprint density at radius 1 is 0.889 bits per heavy atom. The van der Waals surface area contributed by atoms with Crippen LogP contribution in [-0.4, -0.2) is 9.97 Å². The minimum Gasteiger partial charge on any atom is -0.245 e. The summed E-state index contributed by atoms with van der Waals surface area (Å²) >= 11 is 0. The van der Waals surface area contributed by atoms with E-state index in [0.29, 0.717) is 0 Å². The van der Waals surface area contributed by atoms with E-state index in [1.54, 1.807) is 0 Å². The van der Waals surface area contributed by atoms with Crippen molar-refractivity contribution >= 4 is 0 Å². The molecule has 3 nitrogen and oxygen atoms in total. The molecule has 0 radical (unpaired) electrons. The molecular weight excluding hydrogens is 222 g/mol. The molecule has 18 heavy (non-hydrogen) atoms. The number of aromatic amines is 1. The van der Waals surface area contributed by atoms with Gasteiger partial charge in [-0.3, -0.25) is 0 Å². The Labute approximate surface area is 109 Å². The van der Waals surface area contributed by atoms with Gasteiger partial charge in [-0.2, -0.15) is 0 Å². The molecule has 0 amide bonds. The maximum Gasteiger partial charge on any atom is 0.306 e. The Morgan fingerprint density at radius 2 is 1.50 bits per heavy atom. The van der Waals surface area contributed by atoms with Crippen LogP contribution in [0.1, 0.15) is 33.8 Å². The zero-order valence-corrected chi connectivity index (χ0v) is 12.4. The fourth-order valence-corrected chi connectivity index (χ4v) is 2.29. The molecular formula is C15H22N3+. The van der Waals surface area contributed by atoms with Gasteiger partial charge in [-0.1, -0.05) is 0 Å². The quantitative estimate of drug-likeness (QED) is 0.769. The van der Waals surface area contributed by atoms with E-state index in [-0.39, 0.29) is 0 Å². The van der Waals surface area contributed by atoms with Crippen LogP contribution in [0.25, 0.3) is 11.5 Å². The number of hydrogen-bond acceptors (Lipinski definition) is 1. The molecule has 0 aromatic carbocycles. The summed E-state index contributed by atoms with van der Waals surface area (Å²) in [4.78, 5) is 8.21. The van der Waals surface area contributed by atoms with Crippen molar-refractivity contribution < 1.29 is 4.57 Å². The molecule has 0 aliphatic carbocycles. The van der Waals surface area contributed by atoms with Gasteiger partial charge >= 0.3 is 5.82 Å². The third-order valence-corrected chi connectivity index (χ3v) is 4.21. The van der Waals surface area contributed by atoms with Crippen LogP contribution in [0.15, 0.2) is 0 Å². The molecule has 0 unspecified atom stereocenters. The van der Waals surface area contributed by atoms with Crippen LogP contribution >= 0.6 is 0 Å². The highest BCUT2D eigenvalue weighted by Gasteiger charge is 2.22. The lowest BCUT2D eigenvalue weighted by atomic mass is 10.0. The van der Waals surface area contributed by atoms with Crippen molar-refractivity contribution in [1.82, 2.24) is 9.97 Å². The molecule has 0 atom stereocenters. The van der Waals surface area contributed by atoms with E-state index in [2.05, 4.69) is 58.1 Å². The maximum absolute atomic E-state index is 4.77. The van der Waals surface area contributed by atoms with Crippen molar-refractivity contribution in [3.63, 3.8) is 0 Å². The van der Waals surface area contributed by atoms with Gasteiger partial charge in [0.25, 0.3) is 0 Å². The minimum absolute atomic E-state index is 1.06. The van der Waals surface area contributed by atoms with Gasteiger partial charge < -0.3 is 0 Å². The summed E-state index contributed by atoms with van der Waals surface area (Å²) < 4.78 is 2.18. The lowest BCUT2D eigenvalue weighted by Gasteiger charge is -2.10. The first-order chi connectivity index (χ1) is 8.34. The van der Waals surface area contributed by atoms with Gasteiger partial charge in [0, 0.05) is 19.5 Å². The van der Waals surface area contributed by atoms with Gasteiger partial charge in [-0.25, -0.2) is 14.5 Å². The van der Waals surface area contributed by atoms with E-state index in [0.717, 1.165) is 17.2 Å². The molecule has 1 N–H and O–H groups in total. The summed E-state index contributed by atoms with van der Waals surface area (Å²) in [5, 5.41) is 0. The van der Waals surface area contributed by atoms with E-state index in [9.17, 15) is 0 Å². The molecule has 0 saturated heterocycles. The van der Waals surface area contributed by atoms with E-state index < -0.39 is 0 Å². The van der Waals surface area contributed by atoms with Gasteiger partial charge in [0.2, 0.25) is 0 Å². The van der Waals surface area contributed by atoms with Gasteiger partial charge in [0.15, 0.2) is 5.69 Å². The average molecular weight is 244 g/mol. The minimum atomic E-state index is 1.06. The Kier molecular flexibility index (Phi) is 3.01. The fraction of sp³-hybridized carbons (Fsp3) is 0.467. The topological polar surface area (TPSA) is 32.6 Å². The first-order valence-corrected chi connectivity index (χ1v) is 6.34. The Hall–Kier alpha value is -1.64. The highest BCUT2D eigenvalue weighted by molar-refractivity contribution is 5.57. The van der Waals surface area contributed by atoms with Crippen LogP contribution in [0.3, 0.4) is 0 Å². The number of H-pyrrole nitrogens is 1. The predicted octanol–water partition coefficient (Wildman–Crippen LogP) is 2.75.